The SMILES string of the molecule is Cc1cc(N(c2ccccc2)[Si](C)(C)C(C)(C)C)n(-c2ccccc2)n1. The second-order valence-corrected chi connectivity index (χ2v) is 13.4. The molecule has 3 rings (SSSR count). The van der Waals surface area contributed by atoms with Gasteiger partial charge in [0.15, 0.2) is 8.24 Å². The Kier molecular flexibility index (Phi) is 4.80. The second kappa shape index (κ2) is 6.76. The summed E-state index contributed by atoms with van der Waals surface area (Å²) >= 11 is 0. The van der Waals surface area contributed by atoms with Gasteiger partial charge in [0.25, 0.3) is 0 Å². The molecule has 0 atom stereocenters. The molecule has 26 heavy (non-hydrogen) atoms. The largest absolute Gasteiger partial charge is 0.354 e. The van der Waals surface area contributed by atoms with Gasteiger partial charge in [0, 0.05) is 11.8 Å². The summed E-state index contributed by atoms with van der Waals surface area (Å²) in [4.78, 5) is 0. The van der Waals surface area contributed by atoms with Crippen LogP contribution in [0.5, 0.6) is 0 Å². The van der Waals surface area contributed by atoms with Crippen LogP contribution in [0.1, 0.15) is 26.5 Å². The lowest BCUT2D eigenvalue weighted by molar-refractivity contribution is 0.712. The van der Waals surface area contributed by atoms with Crippen LogP contribution in [0.4, 0.5) is 11.5 Å². The van der Waals surface area contributed by atoms with Gasteiger partial charge in [-0.25, -0.2) is 4.68 Å². The van der Waals surface area contributed by atoms with E-state index in [4.69, 9.17) is 5.10 Å². The highest BCUT2D eigenvalue weighted by atomic mass is 28.3. The molecule has 136 valence electrons. The third-order valence-corrected chi connectivity index (χ3v) is 10.7. The highest BCUT2D eigenvalue weighted by Crippen LogP contribution is 2.44. The monoisotopic (exact) mass is 363 g/mol. The number of anilines is 2. The molecule has 0 spiro atoms. The van der Waals surface area contributed by atoms with Gasteiger partial charge in [0.05, 0.1) is 11.4 Å². The van der Waals surface area contributed by atoms with Crippen LogP contribution >= 0.6 is 0 Å². The average Bonchev–Trinajstić information content (AvgIpc) is 2.97. The molecular formula is C22H29N3Si. The van der Waals surface area contributed by atoms with Crippen LogP contribution in [-0.2, 0) is 0 Å². The molecule has 0 aliphatic carbocycles. The minimum absolute atomic E-state index is 0.197. The summed E-state index contributed by atoms with van der Waals surface area (Å²) in [5.41, 5.74) is 3.36. The van der Waals surface area contributed by atoms with E-state index in [9.17, 15) is 0 Å². The summed E-state index contributed by atoms with van der Waals surface area (Å²) in [7, 11) is -1.89. The molecule has 0 saturated heterocycles. The normalized spacial score (nSPS) is 12.2. The van der Waals surface area contributed by atoms with E-state index in [1.54, 1.807) is 0 Å². The molecule has 4 heteroatoms. The third-order valence-electron chi connectivity index (χ3n) is 5.45. The van der Waals surface area contributed by atoms with Crippen LogP contribution in [-0.4, -0.2) is 18.0 Å². The quantitative estimate of drug-likeness (QED) is 0.505. The maximum Gasteiger partial charge on any atom is 0.163 e. The molecular weight excluding hydrogens is 334 g/mol. The Morgan fingerprint density at radius 1 is 0.885 bits per heavy atom. The molecule has 0 radical (unpaired) electrons. The zero-order valence-electron chi connectivity index (χ0n) is 16.7. The van der Waals surface area contributed by atoms with Crippen molar-refractivity contribution in [3.63, 3.8) is 0 Å². The number of rotatable bonds is 4. The van der Waals surface area contributed by atoms with E-state index in [0.717, 1.165) is 17.2 Å². The fraction of sp³-hybridized carbons (Fsp3) is 0.318. The Hall–Kier alpha value is -2.33. The van der Waals surface area contributed by atoms with E-state index in [1.807, 2.05) is 6.07 Å². The van der Waals surface area contributed by atoms with Crippen molar-refractivity contribution >= 4 is 19.7 Å². The van der Waals surface area contributed by atoms with Crippen LogP contribution < -0.4 is 4.57 Å². The first-order valence-corrected chi connectivity index (χ1v) is 12.1. The molecule has 3 nitrogen and oxygen atoms in total. The van der Waals surface area contributed by atoms with Crippen LogP contribution in [0.3, 0.4) is 0 Å². The van der Waals surface area contributed by atoms with Crippen LogP contribution in [0, 0.1) is 6.92 Å². The Balaban J connectivity index is 2.25. The first-order valence-electron chi connectivity index (χ1n) is 9.19. The molecule has 0 N–H and O–H groups in total. The van der Waals surface area contributed by atoms with Gasteiger partial charge in [0.1, 0.15) is 5.82 Å². The number of aryl methyl sites for hydroxylation is 1. The maximum absolute atomic E-state index is 4.82. The molecule has 0 aliphatic heterocycles. The lowest BCUT2D eigenvalue weighted by atomic mass is 10.2. The van der Waals surface area contributed by atoms with Gasteiger partial charge < -0.3 is 4.57 Å². The second-order valence-electron chi connectivity index (χ2n) is 8.37. The van der Waals surface area contributed by atoms with Crippen molar-refractivity contribution in [2.45, 2.75) is 45.8 Å². The summed E-state index contributed by atoms with van der Waals surface area (Å²) < 4.78 is 4.64. The molecule has 1 aromatic heterocycles. The number of nitrogens with zero attached hydrogens (tertiary/aromatic N) is 3. The van der Waals surface area contributed by atoms with Crippen molar-refractivity contribution in [1.82, 2.24) is 9.78 Å². The van der Waals surface area contributed by atoms with E-state index in [1.165, 1.54) is 5.69 Å². The topological polar surface area (TPSA) is 21.1 Å². The van der Waals surface area contributed by atoms with Gasteiger partial charge >= 0.3 is 0 Å². The van der Waals surface area contributed by atoms with Gasteiger partial charge in [-0.1, -0.05) is 70.3 Å². The zero-order chi connectivity index (χ0) is 18.9. The van der Waals surface area contributed by atoms with Crippen molar-refractivity contribution in [3.05, 3.63) is 72.4 Å². The van der Waals surface area contributed by atoms with E-state index in [0.29, 0.717) is 0 Å². The lowest BCUT2D eigenvalue weighted by Crippen LogP contribution is -2.53. The Morgan fingerprint density at radius 3 is 1.96 bits per heavy atom. The molecule has 2 aromatic carbocycles. The number of hydrogen-bond acceptors (Lipinski definition) is 2. The molecule has 0 fully saturated rings. The number of aromatic nitrogens is 2. The first kappa shape index (κ1) is 18.5. The summed E-state index contributed by atoms with van der Waals surface area (Å²) in [5.74, 6) is 1.14. The van der Waals surface area contributed by atoms with Crippen LogP contribution in [0.2, 0.25) is 18.1 Å². The molecule has 0 unspecified atom stereocenters. The number of para-hydroxylation sites is 2. The highest BCUT2D eigenvalue weighted by Gasteiger charge is 2.43. The minimum atomic E-state index is -1.89. The first-order chi connectivity index (χ1) is 12.2. The van der Waals surface area contributed by atoms with E-state index in [-0.39, 0.29) is 5.04 Å². The molecule has 1 heterocycles. The molecule has 3 aromatic rings. The van der Waals surface area contributed by atoms with Crippen molar-refractivity contribution in [2.24, 2.45) is 0 Å². The maximum atomic E-state index is 4.82. The van der Waals surface area contributed by atoms with Gasteiger partial charge in [-0.2, -0.15) is 5.10 Å². The Labute approximate surface area is 158 Å². The average molecular weight is 364 g/mol. The number of benzene rings is 2. The third kappa shape index (κ3) is 3.34. The van der Waals surface area contributed by atoms with Crippen molar-refractivity contribution in [1.29, 1.82) is 0 Å². The molecule has 0 amide bonds. The predicted molar refractivity (Wildman–Crippen MR) is 114 cm³/mol. The zero-order valence-corrected chi connectivity index (χ0v) is 17.7. The smallest absolute Gasteiger partial charge is 0.163 e. The molecule has 0 aliphatic rings. The highest BCUT2D eigenvalue weighted by molar-refractivity contribution is 6.84. The van der Waals surface area contributed by atoms with Crippen molar-refractivity contribution in [2.75, 3.05) is 4.57 Å². The number of hydrogen-bond donors (Lipinski definition) is 0. The summed E-state index contributed by atoms with van der Waals surface area (Å²) in [6.45, 7) is 14.0. The van der Waals surface area contributed by atoms with Gasteiger partial charge in [-0.15, -0.1) is 0 Å². The van der Waals surface area contributed by atoms with Crippen LogP contribution in [0.15, 0.2) is 66.7 Å². The standard InChI is InChI=1S/C22H29N3Si/c1-18-17-21(24(23-18)19-13-9-7-10-14-19)25(20-15-11-8-12-16-20)26(5,6)22(2,3)4/h7-17H,1-6H3. The van der Waals surface area contributed by atoms with Crippen LogP contribution in [0.25, 0.3) is 5.69 Å². The predicted octanol–water partition coefficient (Wildman–Crippen LogP) is 6.32. The summed E-state index contributed by atoms with van der Waals surface area (Å²) in [5, 5.41) is 5.02. The van der Waals surface area contributed by atoms with Crippen molar-refractivity contribution < 1.29 is 0 Å². The molecule has 0 bridgehead atoms. The molecule has 0 saturated carbocycles. The lowest BCUT2D eigenvalue weighted by Gasteiger charge is -2.47. The Morgan fingerprint density at radius 2 is 1.42 bits per heavy atom. The minimum Gasteiger partial charge on any atom is -0.354 e. The summed E-state index contributed by atoms with van der Waals surface area (Å²) in [6, 6.07) is 23.3. The fourth-order valence-corrected chi connectivity index (χ4v) is 5.26. The van der Waals surface area contributed by atoms with Gasteiger partial charge in [-0.05, 0) is 36.2 Å². The van der Waals surface area contributed by atoms with E-state index >= 15 is 0 Å². The summed E-state index contributed by atoms with van der Waals surface area (Å²) in [6.07, 6.45) is 0. The van der Waals surface area contributed by atoms with E-state index in [2.05, 4.69) is 111 Å². The van der Waals surface area contributed by atoms with Gasteiger partial charge in [-0.3, -0.25) is 0 Å². The van der Waals surface area contributed by atoms with Gasteiger partial charge in [0.2, 0.25) is 0 Å². The Bertz CT molecular complexity index is 861. The fourth-order valence-electron chi connectivity index (χ4n) is 3.06. The van der Waals surface area contributed by atoms with Crippen molar-refractivity contribution in [3.8, 4) is 5.69 Å². The van der Waals surface area contributed by atoms with E-state index < -0.39 is 8.24 Å².